The second-order valence-electron chi connectivity index (χ2n) is 4.71. The fourth-order valence-corrected chi connectivity index (χ4v) is 2.92. The van der Waals surface area contributed by atoms with Crippen LogP contribution < -0.4 is 5.32 Å². The Labute approximate surface area is 112 Å². The first-order valence-corrected chi connectivity index (χ1v) is 7.31. The van der Waals surface area contributed by atoms with E-state index < -0.39 is 0 Å². The number of rotatable bonds is 5. The van der Waals surface area contributed by atoms with Crippen molar-refractivity contribution in [2.24, 2.45) is 0 Å². The summed E-state index contributed by atoms with van der Waals surface area (Å²) in [4.78, 5) is 15.0. The van der Waals surface area contributed by atoms with Crippen LogP contribution in [-0.4, -0.2) is 48.2 Å². The third-order valence-electron chi connectivity index (χ3n) is 3.12. The van der Waals surface area contributed by atoms with E-state index in [9.17, 15) is 9.90 Å². The molecule has 0 spiro atoms. The third kappa shape index (κ3) is 4.40. The molecule has 1 atom stereocenters. The molecule has 4 nitrogen and oxygen atoms in total. The van der Waals surface area contributed by atoms with Gasteiger partial charge in [0.05, 0.1) is 12.6 Å². The summed E-state index contributed by atoms with van der Waals surface area (Å²) < 4.78 is 0. The zero-order valence-corrected chi connectivity index (χ0v) is 11.3. The summed E-state index contributed by atoms with van der Waals surface area (Å²) in [7, 11) is 0. The van der Waals surface area contributed by atoms with Crippen LogP contribution >= 0.6 is 11.3 Å². The summed E-state index contributed by atoms with van der Waals surface area (Å²) >= 11 is 1.72. The first-order chi connectivity index (χ1) is 8.74. The maximum absolute atomic E-state index is 11.7. The van der Waals surface area contributed by atoms with Crippen molar-refractivity contribution in [2.45, 2.75) is 25.4 Å². The minimum absolute atomic E-state index is 0.0562. The number of amides is 1. The number of nitrogens with zero attached hydrogens (tertiary/aromatic N) is 1. The molecule has 1 aromatic rings. The van der Waals surface area contributed by atoms with Crippen molar-refractivity contribution in [2.75, 3.05) is 26.2 Å². The van der Waals surface area contributed by atoms with Crippen molar-refractivity contribution in [1.29, 1.82) is 0 Å². The molecular weight excluding hydrogens is 248 g/mol. The minimum Gasteiger partial charge on any atom is -0.392 e. The highest BCUT2D eigenvalue weighted by atomic mass is 32.1. The number of carbonyl (C=O) groups excluding carboxylic acids is 1. The van der Waals surface area contributed by atoms with E-state index in [1.54, 1.807) is 11.3 Å². The number of piperidine rings is 1. The van der Waals surface area contributed by atoms with Crippen molar-refractivity contribution in [3.8, 4) is 0 Å². The fraction of sp³-hybridized carbons (Fsp3) is 0.615. The van der Waals surface area contributed by atoms with Gasteiger partial charge in [-0.15, -0.1) is 11.3 Å². The van der Waals surface area contributed by atoms with Crippen LogP contribution in [0.15, 0.2) is 17.5 Å². The van der Waals surface area contributed by atoms with Gasteiger partial charge in [-0.2, -0.15) is 0 Å². The van der Waals surface area contributed by atoms with Gasteiger partial charge in [-0.1, -0.05) is 6.07 Å². The molecule has 1 fully saturated rings. The third-order valence-corrected chi connectivity index (χ3v) is 4.06. The molecular formula is C13H20N2O2S. The highest BCUT2D eigenvalue weighted by molar-refractivity contribution is 7.09. The number of carbonyl (C=O) groups is 1. The normalized spacial score (nSPS) is 20.8. The van der Waals surface area contributed by atoms with Crippen LogP contribution in [0.1, 0.15) is 17.7 Å². The van der Waals surface area contributed by atoms with E-state index in [-0.39, 0.29) is 12.0 Å². The first kappa shape index (κ1) is 13.5. The van der Waals surface area contributed by atoms with Gasteiger partial charge in [0.15, 0.2) is 0 Å². The standard InChI is InChI=1S/C13H20N2O2S/c16-11-3-1-7-15(9-11)10-13(17)14-6-5-12-4-2-8-18-12/h2,4,8,11,16H,1,3,5-7,9-10H2,(H,14,17). The number of aliphatic hydroxyl groups excluding tert-OH is 1. The van der Waals surface area contributed by atoms with Crippen LogP contribution in [-0.2, 0) is 11.2 Å². The highest BCUT2D eigenvalue weighted by Crippen LogP contribution is 2.09. The molecule has 0 aromatic carbocycles. The Morgan fingerprint density at radius 3 is 3.22 bits per heavy atom. The van der Waals surface area contributed by atoms with E-state index in [1.807, 2.05) is 16.3 Å². The van der Waals surface area contributed by atoms with Crippen molar-refractivity contribution in [1.82, 2.24) is 10.2 Å². The number of hydrogen-bond donors (Lipinski definition) is 2. The molecule has 1 unspecified atom stereocenters. The van der Waals surface area contributed by atoms with Crippen LogP contribution in [0.2, 0.25) is 0 Å². The zero-order valence-electron chi connectivity index (χ0n) is 10.5. The lowest BCUT2D eigenvalue weighted by molar-refractivity contribution is -0.122. The van der Waals surface area contributed by atoms with Crippen molar-refractivity contribution in [3.63, 3.8) is 0 Å². The van der Waals surface area contributed by atoms with E-state index >= 15 is 0 Å². The van der Waals surface area contributed by atoms with E-state index in [1.165, 1.54) is 4.88 Å². The molecule has 1 saturated heterocycles. The second kappa shape index (κ2) is 6.87. The zero-order chi connectivity index (χ0) is 12.8. The first-order valence-electron chi connectivity index (χ1n) is 6.43. The topological polar surface area (TPSA) is 52.6 Å². The van der Waals surface area contributed by atoms with Gasteiger partial charge in [0.2, 0.25) is 5.91 Å². The Morgan fingerprint density at radius 1 is 1.61 bits per heavy atom. The predicted octanol–water partition coefficient (Wildman–Crippen LogP) is 0.864. The van der Waals surface area contributed by atoms with Gasteiger partial charge in [-0.05, 0) is 37.3 Å². The Morgan fingerprint density at radius 2 is 2.50 bits per heavy atom. The second-order valence-corrected chi connectivity index (χ2v) is 5.74. The van der Waals surface area contributed by atoms with E-state index in [4.69, 9.17) is 0 Å². The molecule has 1 aliphatic heterocycles. The van der Waals surface area contributed by atoms with Crippen LogP contribution in [0.3, 0.4) is 0 Å². The van der Waals surface area contributed by atoms with Gasteiger partial charge in [0.1, 0.15) is 0 Å². The predicted molar refractivity (Wildman–Crippen MR) is 72.7 cm³/mol. The maximum Gasteiger partial charge on any atom is 0.234 e. The largest absolute Gasteiger partial charge is 0.392 e. The molecule has 1 amide bonds. The molecule has 18 heavy (non-hydrogen) atoms. The number of thiophene rings is 1. The van der Waals surface area contributed by atoms with Crippen LogP contribution in [0.5, 0.6) is 0 Å². The molecule has 2 N–H and O–H groups in total. The Balaban J connectivity index is 1.62. The molecule has 1 aliphatic rings. The molecule has 5 heteroatoms. The van der Waals surface area contributed by atoms with Gasteiger partial charge in [-0.3, -0.25) is 9.69 Å². The average Bonchev–Trinajstić information content (AvgIpc) is 2.82. The number of aliphatic hydroxyl groups is 1. The van der Waals surface area contributed by atoms with Gasteiger partial charge >= 0.3 is 0 Å². The van der Waals surface area contributed by atoms with E-state index in [0.717, 1.165) is 25.8 Å². The number of hydrogen-bond acceptors (Lipinski definition) is 4. The summed E-state index contributed by atoms with van der Waals surface area (Å²) in [5.74, 6) is 0.0562. The van der Waals surface area contributed by atoms with Crippen molar-refractivity contribution in [3.05, 3.63) is 22.4 Å². The van der Waals surface area contributed by atoms with Gasteiger partial charge in [-0.25, -0.2) is 0 Å². The lowest BCUT2D eigenvalue weighted by atomic mass is 10.1. The molecule has 0 saturated carbocycles. The molecule has 2 rings (SSSR count). The molecule has 0 bridgehead atoms. The SMILES string of the molecule is O=C(CN1CCCC(O)C1)NCCc1cccs1. The lowest BCUT2D eigenvalue weighted by Gasteiger charge is -2.29. The van der Waals surface area contributed by atoms with Crippen LogP contribution in [0.25, 0.3) is 0 Å². The summed E-state index contributed by atoms with van der Waals surface area (Å²) in [5.41, 5.74) is 0. The molecule has 100 valence electrons. The molecule has 0 aliphatic carbocycles. The quantitative estimate of drug-likeness (QED) is 0.833. The fourth-order valence-electron chi connectivity index (χ4n) is 2.21. The number of β-amino-alcohol motifs (C(OH)–C–C–N with tert-alkyl or cyclic N) is 1. The van der Waals surface area contributed by atoms with Crippen LogP contribution in [0, 0.1) is 0 Å². The highest BCUT2D eigenvalue weighted by Gasteiger charge is 2.19. The Kier molecular flexibility index (Phi) is 5.16. The lowest BCUT2D eigenvalue weighted by Crippen LogP contribution is -2.44. The Hall–Kier alpha value is -0.910. The molecule has 2 heterocycles. The summed E-state index contributed by atoms with van der Waals surface area (Å²) in [6.07, 6.45) is 2.46. The maximum atomic E-state index is 11.7. The van der Waals surface area contributed by atoms with E-state index in [0.29, 0.717) is 19.6 Å². The average molecular weight is 268 g/mol. The molecule has 1 aromatic heterocycles. The number of nitrogens with one attached hydrogen (secondary N) is 1. The number of likely N-dealkylation sites (tertiary alicyclic amines) is 1. The molecule has 0 radical (unpaired) electrons. The van der Waals surface area contributed by atoms with Crippen molar-refractivity contribution < 1.29 is 9.90 Å². The summed E-state index contributed by atoms with van der Waals surface area (Å²) in [6.45, 7) is 2.63. The van der Waals surface area contributed by atoms with E-state index in [2.05, 4.69) is 11.4 Å². The van der Waals surface area contributed by atoms with Gasteiger partial charge in [0, 0.05) is 18.0 Å². The van der Waals surface area contributed by atoms with Crippen LogP contribution in [0.4, 0.5) is 0 Å². The minimum atomic E-state index is -0.266. The monoisotopic (exact) mass is 268 g/mol. The summed E-state index contributed by atoms with van der Waals surface area (Å²) in [6, 6.07) is 4.11. The smallest absolute Gasteiger partial charge is 0.234 e. The van der Waals surface area contributed by atoms with Crippen molar-refractivity contribution >= 4 is 17.2 Å². The van der Waals surface area contributed by atoms with Gasteiger partial charge < -0.3 is 10.4 Å². The Bertz CT molecular complexity index is 367. The summed E-state index contributed by atoms with van der Waals surface area (Å²) in [5, 5.41) is 14.5. The van der Waals surface area contributed by atoms with Gasteiger partial charge in [0.25, 0.3) is 0 Å².